The van der Waals surface area contributed by atoms with E-state index in [9.17, 15) is 0 Å². The molecule has 0 amide bonds. The molecule has 2 aliphatic rings. The standard InChI is InChI=1S/C18H26N6O/c1-15-17(22-14-21-15)9-23-4-2-3-18(10-23)11-24(5-6-25-12-18)16-7-19-13-20-8-16/h7-8,13-14H,2-6,9-12H2,1H3,(H,21,22). The van der Waals surface area contributed by atoms with Crippen LogP contribution in [-0.2, 0) is 11.3 Å². The molecule has 0 aliphatic carbocycles. The van der Waals surface area contributed by atoms with E-state index in [4.69, 9.17) is 4.74 Å². The highest BCUT2D eigenvalue weighted by molar-refractivity contribution is 5.42. The van der Waals surface area contributed by atoms with E-state index >= 15 is 0 Å². The molecule has 7 heteroatoms. The average molecular weight is 342 g/mol. The number of nitrogens with zero attached hydrogens (tertiary/aromatic N) is 5. The van der Waals surface area contributed by atoms with Gasteiger partial charge in [0.25, 0.3) is 0 Å². The summed E-state index contributed by atoms with van der Waals surface area (Å²) >= 11 is 0. The molecular weight excluding hydrogens is 316 g/mol. The van der Waals surface area contributed by atoms with Crippen LogP contribution in [0, 0.1) is 12.3 Å². The van der Waals surface area contributed by atoms with Gasteiger partial charge in [-0.05, 0) is 26.3 Å². The number of rotatable bonds is 3. The minimum absolute atomic E-state index is 0.162. The Hall–Kier alpha value is -1.99. The molecule has 1 N–H and O–H groups in total. The van der Waals surface area contributed by atoms with Crippen molar-refractivity contribution in [2.24, 2.45) is 5.41 Å². The maximum atomic E-state index is 6.02. The summed E-state index contributed by atoms with van der Waals surface area (Å²) in [4.78, 5) is 20.9. The molecule has 0 aromatic carbocycles. The number of nitrogens with one attached hydrogen (secondary N) is 1. The Labute approximate surface area is 148 Å². The van der Waals surface area contributed by atoms with Crippen LogP contribution in [0.3, 0.4) is 0 Å². The second kappa shape index (κ2) is 7.09. The first-order valence-electron chi connectivity index (χ1n) is 9.03. The molecule has 2 fully saturated rings. The van der Waals surface area contributed by atoms with Gasteiger partial charge in [0.1, 0.15) is 6.33 Å². The Morgan fingerprint density at radius 3 is 2.92 bits per heavy atom. The summed E-state index contributed by atoms with van der Waals surface area (Å²) in [6.07, 6.45) is 9.58. The van der Waals surface area contributed by atoms with Crippen LogP contribution in [0.2, 0.25) is 0 Å². The molecule has 2 aromatic rings. The van der Waals surface area contributed by atoms with Crippen molar-refractivity contribution in [2.75, 3.05) is 44.3 Å². The van der Waals surface area contributed by atoms with Crippen LogP contribution in [0.25, 0.3) is 0 Å². The third kappa shape index (κ3) is 3.67. The fourth-order valence-electron chi connectivity index (χ4n) is 4.12. The van der Waals surface area contributed by atoms with E-state index in [1.165, 1.54) is 18.5 Å². The van der Waals surface area contributed by atoms with Crippen molar-refractivity contribution in [3.05, 3.63) is 36.4 Å². The van der Waals surface area contributed by atoms with Gasteiger partial charge in [-0.3, -0.25) is 4.90 Å². The Kier molecular flexibility index (Phi) is 4.67. The molecule has 4 heterocycles. The van der Waals surface area contributed by atoms with Gasteiger partial charge >= 0.3 is 0 Å². The lowest BCUT2D eigenvalue weighted by Crippen LogP contribution is -2.50. The summed E-state index contributed by atoms with van der Waals surface area (Å²) in [7, 11) is 0. The quantitative estimate of drug-likeness (QED) is 0.914. The molecule has 25 heavy (non-hydrogen) atoms. The summed E-state index contributed by atoms with van der Waals surface area (Å²) in [5, 5.41) is 0. The first-order chi connectivity index (χ1) is 12.2. The van der Waals surface area contributed by atoms with Crippen molar-refractivity contribution >= 4 is 5.69 Å². The number of aromatic nitrogens is 4. The Balaban J connectivity index is 1.49. The zero-order chi connectivity index (χ0) is 17.1. The number of piperidine rings is 1. The molecule has 2 saturated heterocycles. The molecule has 1 atom stereocenters. The van der Waals surface area contributed by atoms with Crippen molar-refractivity contribution < 1.29 is 4.74 Å². The number of anilines is 1. The van der Waals surface area contributed by atoms with E-state index < -0.39 is 0 Å². The van der Waals surface area contributed by atoms with Gasteiger partial charge in [-0.2, -0.15) is 0 Å². The van der Waals surface area contributed by atoms with Crippen LogP contribution >= 0.6 is 0 Å². The number of hydrogen-bond acceptors (Lipinski definition) is 6. The normalized spacial score (nSPS) is 25.2. The Morgan fingerprint density at radius 2 is 2.12 bits per heavy atom. The van der Waals surface area contributed by atoms with Gasteiger partial charge in [0.15, 0.2) is 0 Å². The lowest BCUT2D eigenvalue weighted by Gasteiger charge is -2.43. The zero-order valence-electron chi connectivity index (χ0n) is 14.8. The lowest BCUT2D eigenvalue weighted by molar-refractivity contribution is 0.0103. The first-order valence-corrected chi connectivity index (χ1v) is 9.03. The Morgan fingerprint density at radius 1 is 1.24 bits per heavy atom. The van der Waals surface area contributed by atoms with E-state index in [1.807, 2.05) is 12.4 Å². The molecule has 7 nitrogen and oxygen atoms in total. The maximum absolute atomic E-state index is 6.02. The van der Waals surface area contributed by atoms with Gasteiger partial charge in [-0.25, -0.2) is 15.0 Å². The van der Waals surface area contributed by atoms with Crippen molar-refractivity contribution in [3.63, 3.8) is 0 Å². The zero-order valence-corrected chi connectivity index (χ0v) is 14.8. The summed E-state index contributed by atoms with van der Waals surface area (Å²) in [6, 6.07) is 0. The van der Waals surface area contributed by atoms with Gasteiger partial charge in [0.2, 0.25) is 0 Å². The predicted molar refractivity (Wildman–Crippen MR) is 95.3 cm³/mol. The largest absolute Gasteiger partial charge is 0.379 e. The molecule has 2 aliphatic heterocycles. The van der Waals surface area contributed by atoms with E-state index in [0.717, 1.165) is 57.3 Å². The first kappa shape index (κ1) is 16.5. The van der Waals surface area contributed by atoms with E-state index in [0.29, 0.717) is 0 Å². The fraction of sp³-hybridized carbons (Fsp3) is 0.611. The van der Waals surface area contributed by atoms with Crippen LogP contribution in [0.4, 0.5) is 5.69 Å². The summed E-state index contributed by atoms with van der Waals surface area (Å²) in [6.45, 7) is 8.65. The fourth-order valence-corrected chi connectivity index (χ4v) is 4.12. The number of H-pyrrole nitrogens is 1. The van der Waals surface area contributed by atoms with Crippen molar-refractivity contribution in [2.45, 2.75) is 26.3 Å². The Bertz CT molecular complexity index is 690. The van der Waals surface area contributed by atoms with Crippen molar-refractivity contribution in [1.29, 1.82) is 0 Å². The molecule has 1 unspecified atom stereocenters. The molecule has 1 spiro atoms. The molecular formula is C18H26N6O. The number of aryl methyl sites for hydroxylation is 1. The number of aromatic amines is 1. The summed E-state index contributed by atoms with van der Waals surface area (Å²) in [5.41, 5.74) is 3.57. The molecule has 0 saturated carbocycles. The summed E-state index contributed by atoms with van der Waals surface area (Å²) in [5.74, 6) is 0. The minimum atomic E-state index is 0.162. The predicted octanol–water partition coefficient (Wildman–Crippen LogP) is 1.63. The van der Waals surface area contributed by atoms with Crippen LogP contribution in [-0.4, -0.2) is 64.2 Å². The smallest absolute Gasteiger partial charge is 0.115 e. The number of imidazole rings is 1. The van der Waals surface area contributed by atoms with Gasteiger partial charge in [0, 0.05) is 37.3 Å². The lowest BCUT2D eigenvalue weighted by atomic mass is 9.80. The van der Waals surface area contributed by atoms with Crippen LogP contribution in [0.15, 0.2) is 25.0 Å². The monoisotopic (exact) mass is 342 g/mol. The van der Waals surface area contributed by atoms with Crippen LogP contribution < -0.4 is 4.90 Å². The number of hydrogen-bond donors (Lipinski definition) is 1. The van der Waals surface area contributed by atoms with Crippen LogP contribution in [0.5, 0.6) is 0 Å². The average Bonchev–Trinajstić information content (AvgIpc) is 2.92. The van der Waals surface area contributed by atoms with E-state index in [-0.39, 0.29) is 5.41 Å². The topological polar surface area (TPSA) is 70.2 Å². The number of likely N-dealkylation sites (tertiary alicyclic amines) is 1. The van der Waals surface area contributed by atoms with Gasteiger partial charge in [-0.15, -0.1) is 0 Å². The van der Waals surface area contributed by atoms with Gasteiger partial charge < -0.3 is 14.6 Å². The second-order valence-electron chi connectivity index (χ2n) is 7.36. The maximum Gasteiger partial charge on any atom is 0.115 e. The van der Waals surface area contributed by atoms with Gasteiger partial charge in [0.05, 0.1) is 43.3 Å². The number of ether oxygens (including phenoxy) is 1. The molecule has 4 rings (SSSR count). The molecule has 0 radical (unpaired) electrons. The third-order valence-electron chi connectivity index (χ3n) is 5.40. The molecule has 134 valence electrons. The second-order valence-corrected chi connectivity index (χ2v) is 7.36. The highest BCUT2D eigenvalue weighted by atomic mass is 16.5. The minimum Gasteiger partial charge on any atom is -0.379 e. The highest BCUT2D eigenvalue weighted by Gasteiger charge is 2.39. The molecule has 2 aromatic heterocycles. The molecule has 0 bridgehead atoms. The van der Waals surface area contributed by atoms with E-state index in [2.05, 4.69) is 36.7 Å². The highest BCUT2D eigenvalue weighted by Crippen LogP contribution is 2.34. The summed E-state index contributed by atoms with van der Waals surface area (Å²) < 4.78 is 6.02. The van der Waals surface area contributed by atoms with Gasteiger partial charge in [-0.1, -0.05) is 0 Å². The van der Waals surface area contributed by atoms with Crippen molar-refractivity contribution in [3.8, 4) is 0 Å². The van der Waals surface area contributed by atoms with E-state index in [1.54, 1.807) is 12.7 Å². The SMILES string of the molecule is Cc1[nH]cnc1CN1CCCC2(COCCN(c3cncnc3)C2)C1. The van der Waals surface area contributed by atoms with Crippen LogP contribution in [0.1, 0.15) is 24.2 Å². The van der Waals surface area contributed by atoms with Crippen molar-refractivity contribution in [1.82, 2.24) is 24.8 Å². The third-order valence-corrected chi connectivity index (χ3v) is 5.40.